The van der Waals surface area contributed by atoms with Crippen molar-refractivity contribution in [1.82, 2.24) is 19.6 Å². The zero-order chi connectivity index (χ0) is 15.4. The van der Waals surface area contributed by atoms with Crippen molar-refractivity contribution in [2.75, 3.05) is 39.1 Å². The second-order valence-corrected chi connectivity index (χ2v) is 6.05. The topological polar surface area (TPSA) is 52.9 Å². The normalized spacial score (nSPS) is 11.0. The molecular formula is C14H23N5OS. The number of thiazole rings is 1. The molecule has 0 saturated heterocycles. The summed E-state index contributed by atoms with van der Waals surface area (Å²) in [5.41, 5.74) is 1.11. The number of amides is 1. The third-order valence-corrected chi connectivity index (χ3v) is 4.06. The Hall–Kier alpha value is -1.60. The Kier molecular flexibility index (Phi) is 5.19. The minimum absolute atomic E-state index is 0.0928. The maximum Gasteiger partial charge on any atom is 0.241 e. The van der Waals surface area contributed by atoms with Gasteiger partial charge in [0.15, 0.2) is 10.8 Å². The summed E-state index contributed by atoms with van der Waals surface area (Å²) < 4.78 is 2.10. The molecule has 0 aliphatic carbocycles. The molecule has 2 heterocycles. The number of imidazole rings is 1. The molecule has 0 spiro atoms. The van der Waals surface area contributed by atoms with Gasteiger partial charge in [-0.2, -0.15) is 0 Å². The number of anilines is 1. The van der Waals surface area contributed by atoms with Crippen molar-refractivity contribution >= 4 is 28.0 Å². The molecule has 2 rings (SSSR count). The highest BCUT2D eigenvalue weighted by molar-refractivity contribution is 7.15. The van der Waals surface area contributed by atoms with Gasteiger partial charge in [0.1, 0.15) is 0 Å². The third-order valence-electron chi connectivity index (χ3n) is 3.30. The van der Waals surface area contributed by atoms with E-state index in [9.17, 15) is 4.79 Å². The summed E-state index contributed by atoms with van der Waals surface area (Å²) in [6.45, 7) is 4.02. The van der Waals surface area contributed by atoms with Crippen LogP contribution in [0.2, 0.25) is 0 Å². The van der Waals surface area contributed by atoms with Crippen LogP contribution in [-0.2, 0) is 11.3 Å². The zero-order valence-electron chi connectivity index (χ0n) is 13.1. The predicted molar refractivity (Wildman–Crippen MR) is 87.0 cm³/mol. The van der Waals surface area contributed by atoms with E-state index in [1.165, 1.54) is 0 Å². The zero-order valence-corrected chi connectivity index (χ0v) is 13.9. The van der Waals surface area contributed by atoms with Crippen molar-refractivity contribution < 1.29 is 4.79 Å². The number of hydrogen-bond donors (Lipinski definition) is 1. The van der Waals surface area contributed by atoms with Gasteiger partial charge in [0.2, 0.25) is 5.91 Å². The second-order valence-electron chi connectivity index (χ2n) is 5.18. The monoisotopic (exact) mass is 309 g/mol. The van der Waals surface area contributed by atoms with Crippen LogP contribution >= 0.6 is 11.3 Å². The Morgan fingerprint density at radius 2 is 2.24 bits per heavy atom. The quantitative estimate of drug-likeness (QED) is 0.840. The number of nitrogens with one attached hydrogen (secondary N) is 1. The minimum Gasteiger partial charge on any atom is -0.347 e. The molecule has 0 fully saturated rings. The van der Waals surface area contributed by atoms with E-state index in [1.807, 2.05) is 18.6 Å². The first-order chi connectivity index (χ1) is 10.1. The van der Waals surface area contributed by atoms with E-state index in [1.54, 1.807) is 30.3 Å². The van der Waals surface area contributed by atoms with E-state index >= 15 is 0 Å². The van der Waals surface area contributed by atoms with Crippen LogP contribution in [0.5, 0.6) is 0 Å². The molecule has 0 radical (unpaired) electrons. The van der Waals surface area contributed by atoms with Gasteiger partial charge in [-0.25, -0.2) is 4.98 Å². The van der Waals surface area contributed by atoms with Crippen molar-refractivity contribution in [3.8, 4) is 0 Å². The van der Waals surface area contributed by atoms with E-state index in [-0.39, 0.29) is 5.91 Å². The fraction of sp³-hybridized carbons (Fsp3) is 0.571. The maximum absolute atomic E-state index is 12.1. The van der Waals surface area contributed by atoms with Crippen LogP contribution in [-0.4, -0.2) is 54.4 Å². The van der Waals surface area contributed by atoms with Crippen molar-refractivity contribution in [1.29, 1.82) is 0 Å². The molecule has 1 amide bonds. The molecule has 116 valence electrons. The lowest BCUT2D eigenvalue weighted by atomic mass is 10.3. The van der Waals surface area contributed by atoms with Gasteiger partial charge in [-0.15, -0.1) is 11.3 Å². The fourth-order valence-electron chi connectivity index (χ4n) is 2.24. The van der Waals surface area contributed by atoms with Crippen molar-refractivity contribution in [3.05, 3.63) is 17.3 Å². The lowest BCUT2D eigenvalue weighted by Gasteiger charge is -2.24. The Balaban J connectivity index is 2.36. The van der Waals surface area contributed by atoms with Crippen LogP contribution in [0.3, 0.4) is 0 Å². The van der Waals surface area contributed by atoms with Crippen molar-refractivity contribution in [2.45, 2.75) is 19.9 Å². The highest BCUT2D eigenvalue weighted by Gasteiger charge is 2.20. The molecule has 0 aromatic carbocycles. The van der Waals surface area contributed by atoms with Gasteiger partial charge < -0.3 is 15.1 Å². The van der Waals surface area contributed by atoms with E-state index in [2.05, 4.69) is 21.5 Å². The van der Waals surface area contributed by atoms with Gasteiger partial charge in [-0.3, -0.25) is 9.20 Å². The number of carbonyl (C=O) groups excluding carboxylic acids is 1. The van der Waals surface area contributed by atoms with Crippen LogP contribution in [0.25, 0.3) is 4.96 Å². The Morgan fingerprint density at radius 1 is 1.48 bits per heavy atom. The molecule has 0 bridgehead atoms. The number of fused-ring (bicyclic) bond motifs is 1. The first-order valence-electron chi connectivity index (χ1n) is 7.12. The van der Waals surface area contributed by atoms with Gasteiger partial charge >= 0.3 is 0 Å². The van der Waals surface area contributed by atoms with Crippen LogP contribution in [0.15, 0.2) is 11.6 Å². The summed E-state index contributed by atoms with van der Waals surface area (Å²) in [5, 5.41) is 5.22. The summed E-state index contributed by atoms with van der Waals surface area (Å²) in [6, 6.07) is 0. The highest BCUT2D eigenvalue weighted by atomic mass is 32.1. The van der Waals surface area contributed by atoms with Gasteiger partial charge in [0.05, 0.1) is 12.2 Å². The van der Waals surface area contributed by atoms with Crippen molar-refractivity contribution in [3.63, 3.8) is 0 Å². The van der Waals surface area contributed by atoms with E-state index in [0.29, 0.717) is 6.54 Å². The number of aromatic nitrogens is 2. The standard InChI is InChI=1S/C14H23N5OS/c1-5-6-18(10-12(20)17(3)4)13-11(9-15-2)19-7-8-21-14(19)16-13/h7-8,15H,5-6,9-10H2,1-4H3. The number of rotatable bonds is 7. The lowest BCUT2D eigenvalue weighted by Crippen LogP contribution is -2.38. The summed E-state index contributed by atoms with van der Waals surface area (Å²) in [7, 11) is 5.49. The van der Waals surface area contributed by atoms with Gasteiger partial charge in [-0.1, -0.05) is 6.92 Å². The average molecular weight is 309 g/mol. The molecule has 7 heteroatoms. The lowest BCUT2D eigenvalue weighted by molar-refractivity contribution is -0.127. The number of hydrogen-bond acceptors (Lipinski definition) is 5. The molecule has 0 saturated carbocycles. The maximum atomic E-state index is 12.1. The summed E-state index contributed by atoms with van der Waals surface area (Å²) >= 11 is 1.61. The van der Waals surface area contributed by atoms with Crippen LogP contribution < -0.4 is 10.2 Å². The second kappa shape index (κ2) is 6.91. The van der Waals surface area contributed by atoms with E-state index < -0.39 is 0 Å². The first-order valence-corrected chi connectivity index (χ1v) is 8.00. The number of likely N-dealkylation sites (N-methyl/N-ethyl adjacent to an activating group) is 1. The smallest absolute Gasteiger partial charge is 0.241 e. The summed E-state index contributed by atoms with van der Waals surface area (Å²) in [5.74, 6) is 1.00. The molecule has 21 heavy (non-hydrogen) atoms. The largest absolute Gasteiger partial charge is 0.347 e. The molecule has 0 unspecified atom stereocenters. The number of carbonyl (C=O) groups is 1. The summed E-state index contributed by atoms with van der Waals surface area (Å²) in [4.78, 5) is 21.4. The fourth-order valence-corrected chi connectivity index (χ4v) is 2.97. The van der Waals surface area contributed by atoms with Crippen molar-refractivity contribution in [2.24, 2.45) is 0 Å². The first kappa shape index (κ1) is 15.8. The Labute approximate surface area is 129 Å². The predicted octanol–water partition coefficient (Wildman–Crippen LogP) is 1.42. The minimum atomic E-state index is 0.0928. The molecule has 0 atom stereocenters. The molecule has 0 aliphatic heterocycles. The highest BCUT2D eigenvalue weighted by Crippen LogP contribution is 2.25. The molecule has 0 aliphatic rings. The molecule has 2 aromatic heterocycles. The average Bonchev–Trinajstić information content (AvgIpc) is 3.01. The Bertz CT molecular complexity index is 604. The number of nitrogens with zero attached hydrogens (tertiary/aromatic N) is 4. The van der Waals surface area contributed by atoms with Crippen LogP contribution in [0.4, 0.5) is 5.82 Å². The third kappa shape index (κ3) is 3.36. The Morgan fingerprint density at radius 3 is 2.86 bits per heavy atom. The van der Waals surface area contributed by atoms with Crippen LogP contribution in [0, 0.1) is 0 Å². The SMILES string of the molecule is CCCN(CC(=O)N(C)C)c1nc2sccn2c1CNC. The summed E-state index contributed by atoms with van der Waals surface area (Å²) in [6.07, 6.45) is 3.01. The van der Waals surface area contributed by atoms with Gasteiger partial charge in [0.25, 0.3) is 0 Å². The van der Waals surface area contributed by atoms with E-state index in [4.69, 9.17) is 4.98 Å². The van der Waals surface area contributed by atoms with E-state index in [0.717, 1.165) is 36.0 Å². The molecule has 6 nitrogen and oxygen atoms in total. The molecule has 1 N–H and O–H groups in total. The molecular weight excluding hydrogens is 286 g/mol. The van der Waals surface area contributed by atoms with Crippen LogP contribution in [0.1, 0.15) is 19.0 Å². The van der Waals surface area contributed by atoms with Gasteiger partial charge in [-0.05, 0) is 13.5 Å². The molecule has 2 aromatic rings. The van der Waals surface area contributed by atoms with Gasteiger partial charge in [0, 0.05) is 38.8 Å².